The number of hydrogen-bond donors (Lipinski definition) is 0. The number of rotatable bonds is 0. The summed E-state index contributed by atoms with van der Waals surface area (Å²) in [6.07, 6.45) is -9.81. The van der Waals surface area contributed by atoms with Crippen LogP contribution in [0.1, 0.15) is 11.4 Å². The lowest BCUT2D eigenvalue weighted by atomic mass is 10.1. The van der Waals surface area contributed by atoms with Gasteiger partial charge in [0.2, 0.25) is 5.82 Å². The van der Waals surface area contributed by atoms with Crippen LogP contribution in [0.25, 0.3) is 10.9 Å². The van der Waals surface area contributed by atoms with Crippen LogP contribution in [-0.2, 0) is 12.4 Å². The molecule has 19 heavy (non-hydrogen) atoms. The average molecular weight is 301 g/mol. The first-order chi connectivity index (χ1) is 8.60. The normalized spacial score (nSPS) is 13.0. The summed E-state index contributed by atoms with van der Waals surface area (Å²) < 4.78 is 75.5. The lowest BCUT2D eigenvalue weighted by Crippen LogP contribution is -2.13. The molecule has 2 nitrogen and oxygen atoms in total. The van der Waals surface area contributed by atoms with E-state index in [2.05, 4.69) is 9.97 Å². The Hall–Kier alpha value is -1.57. The van der Waals surface area contributed by atoms with Crippen LogP contribution in [0.3, 0.4) is 0 Å². The van der Waals surface area contributed by atoms with Crippen molar-refractivity contribution >= 4 is 22.5 Å². The van der Waals surface area contributed by atoms with Crippen LogP contribution >= 0.6 is 11.6 Å². The highest BCUT2D eigenvalue weighted by atomic mass is 35.5. The highest BCUT2D eigenvalue weighted by Gasteiger charge is 2.38. The molecule has 1 aromatic carbocycles. The Morgan fingerprint density at radius 1 is 0.895 bits per heavy atom. The first kappa shape index (κ1) is 13.9. The maximum absolute atomic E-state index is 12.7. The minimum absolute atomic E-state index is 0.288. The molecule has 0 bridgehead atoms. The molecule has 0 spiro atoms. The second kappa shape index (κ2) is 4.22. The highest BCUT2D eigenvalue weighted by Crippen LogP contribution is 2.37. The number of para-hydroxylation sites is 1. The van der Waals surface area contributed by atoms with Crippen LogP contribution in [0, 0.1) is 0 Å². The zero-order valence-corrected chi connectivity index (χ0v) is 9.53. The lowest BCUT2D eigenvalue weighted by Gasteiger charge is -2.12. The molecule has 0 radical (unpaired) electrons. The smallest absolute Gasteiger partial charge is 0.224 e. The van der Waals surface area contributed by atoms with Crippen LogP contribution in [0.2, 0.25) is 5.15 Å². The lowest BCUT2D eigenvalue weighted by molar-refractivity contribution is -0.145. The van der Waals surface area contributed by atoms with E-state index in [9.17, 15) is 26.3 Å². The Morgan fingerprint density at radius 3 is 2.05 bits per heavy atom. The Bertz CT molecular complexity index is 634. The van der Waals surface area contributed by atoms with Gasteiger partial charge in [0.25, 0.3) is 0 Å². The molecule has 0 saturated carbocycles. The van der Waals surface area contributed by atoms with Crippen molar-refractivity contribution in [2.75, 3.05) is 0 Å². The molecular formula is C10H3ClF6N2. The van der Waals surface area contributed by atoms with E-state index in [1.54, 1.807) is 0 Å². The van der Waals surface area contributed by atoms with Gasteiger partial charge in [-0.1, -0.05) is 17.7 Å². The van der Waals surface area contributed by atoms with Crippen LogP contribution in [-0.4, -0.2) is 9.97 Å². The summed E-state index contributed by atoms with van der Waals surface area (Å²) in [6.45, 7) is 0. The van der Waals surface area contributed by atoms with Gasteiger partial charge in [0.05, 0.1) is 11.1 Å². The van der Waals surface area contributed by atoms with E-state index in [1.165, 1.54) is 0 Å². The fourth-order valence-electron chi connectivity index (χ4n) is 1.47. The number of hydrogen-bond acceptors (Lipinski definition) is 2. The summed E-state index contributed by atoms with van der Waals surface area (Å²) in [5.41, 5.74) is -2.16. The van der Waals surface area contributed by atoms with E-state index in [0.29, 0.717) is 6.07 Å². The fraction of sp³-hybridized carbons (Fsp3) is 0.200. The van der Waals surface area contributed by atoms with Crippen molar-refractivity contribution in [2.24, 2.45) is 0 Å². The molecule has 0 fully saturated rings. The third kappa shape index (κ3) is 2.58. The molecule has 0 aliphatic heterocycles. The Morgan fingerprint density at radius 2 is 1.53 bits per heavy atom. The Balaban J connectivity index is 2.84. The molecule has 1 heterocycles. The predicted octanol–water partition coefficient (Wildman–Crippen LogP) is 4.32. The van der Waals surface area contributed by atoms with Crippen molar-refractivity contribution in [2.45, 2.75) is 12.4 Å². The zero-order chi connectivity index (χ0) is 14.4. The summed E-state index contributed by atoms with van der Waals surface area (Å²) in [6, 6.07) is 2.77. The molecule has 2 rings (SSSR count). The van der Waals surface area contributed by atoms with Crippen LogP contribution < -0.4 is 0 Å². The van der Waals surface area contributed by atoms with Gasteiger partial charge in [-0.05, 0) is 12.1 Å². The largest absolute Gasteiger partial charge is 0.451 e. The van der Waals surface area contributed by atoms with E-state index in [4.69, 9.17) is 11.6 Å². The fourth-order valence-corrected chi connectivity index (χ4v) is 1.70. The van der Waals surface area contributed by atoms with Crippen molar-refractivity contribution in [1.29, 1.82) is 0 Å². The van der Waals surface area contributed by atoms with Gasteiger partial charge in [0.15, 0.2) is 0 Å². The van der Waals surface area contributed by atoms with E-state index in [-0.39, 0.29) is 5.39 Å². The summed E-state index contributed by atoms with van der Waals surface area (Å²) in [7, 11) is 0. The first-order valence-electron chi connectivity index (χ1n) is 4.71. The quantitative estimate of drug-likeness (QED) is 0.535. The molecule has 0 aliphatic rings. The number of benzene rings is 1. The van der Waals surface area contributed by atoms with E-state index in [1.807, 2.05) is 0 Å². The van der Waals surface area contributed by atoms with Crippen molar-refractivity contribution in [3.8, 4) is 0 Å². The first-order valence-corrected chi connectivity index (χ1v) is 5.09. The standard InChI is InChI=1S/C10H3ClF6N2/c11-7-4-2-1-3-5(9(12,13)14)6(4)18-8(19-7)10(15,16)17/h1-3H. The van der Waals surface area contributed by atoms with E-state index in [0.717, 1.165) is 12.1 Å². The summed E-state index contributed by atoms with van der Waals surface area (Å²) in [5.74, 6) is -1.71. The molecule has 1 aromatic heterocycles. The third-order valence-electron chi connectivity index (χ3n) is 2.24. The van der Waals surface area contributed by atoms with Gasteiger partial charge in [-0.15, -0.1) is 0 Å². The molecule has 102 valence electrons. The zero-order valence-electron chi connectivity index (χ0n) is 8.77. The molecule has 0 saturated heterocycles. The molecule has 0 N–H and O–H groups in total. The van der Waals surface area contributed by atoms with E-state index >= 15 is 0 Å². The number of fused-ring (bicyclic) bond motifs is 1. The number of halogens is 7. The van der Waals surface area contributed by atoms with Gasteiger partial charge in [-0.2, -0.15) is 26.3 Å². The molecule has 0 amide bonds. The molecular weight excluding hydrogens is 298 g/mol. The van der Waals surface area contributed by atoms with E-state index < -0.39 is 34.4 Å². The maximum Gasteiger partial charge on any atom is 0.451 e. The Labute approximate surface area is 107 Å². The summed E-state index contributed by atoms with van der Waals surface area (Å²) in [5, 5.41) is -0.965. The summed E-state index contributed by atoms with van der Waals surface area (Å²) >= 11 is 5.47. The van der Waals surface area contributed by atoms with Gasteiger partial charge < -0.3 is 0 Å². The maximum atomic E-state index is 12.7. The number of alkyl halides is 6. The SMILES string of the molecule is FC(F)(F)c1nc(Cl)c2cccc(C(F)(F)F)c2n1. The topological polar surface area (TPSA) is 25.8 Å². The van der Waals surface area contributed by atoms with Crippen molar-refractivity contribution < 1.29 is 26.3 Å². The van der Waals surface area contributed by atoms with Crippen LogP contribution in [0.5, 0.6) is 0 Å². The highest BCUT2D eigenvalue weighted by molar-refractivity contribution is 6.34. The molecule has 9 heteroatoms. The van der Waals surface area contributed by atoms with Gasteiger partial charge >= 0.3 is 12.4 Å². The third-order valence-corrected chi connectivity index (χ3v) is 2.53. The van der Waals surface area contributed by atoms with Gasteiger partial charge in [-0.25, -0.2) is 9.97 Å². The number of nitrogens with zero attached hydrogens (tertiary/aromatic N) is 2. The Kier molecular flexibility index (Phi) is 3.08. The second-order valence-corrected chi connectivity index (χ2v) is 3.89. The van der Waals surface area contributed by atoms with Crippen LogP contribution in [0.4, 0.5) is 26.3 Å². The minimum Gasteiger partial charge on any atom is -0.224 e. The minimum atomic E-state index is -4.98. The second-order valence-electron chi connectivity index (χ2n) is 3.54. The molecule has 2 aromatic rings. The van der Waals surface area contributed by atoms with Crippen molar-refractivity contribution in [3.05, 3.63) is 34.7 Å². The predicted molar refractivity (Wildman–Crippen MR) is 54.6 cm³/mol. The van der Waals surface area contributed by atoms with Crippen molar-refractivity contribution in [1.82, 2.24) is 9.97 Å². The monoisotopic (exact) mass is 300 g/mol. The molecule has 0 atom stereocenters. The van der Waals surface area contributed by atoms with Gasteiger partial charge in [0, 0.05) is 5.39 Å². The van der Waals surface area contributed by atoms with Crippen LogP contribution in [0.15, 0.2) is 18.2 Å². The van der Waals surface area contributed by atoms with Gasteiger partial charge in [0.1, 0.15) is 5.15 Å². The van der Waals surface area contributed by atoms with Gasteiger partial charge in [-0.3, -0.25) is 0 Å². The summed E-state index contributed by atoms with van der Waals surface area (Å²) in [4.78, 5) is 5.89. The molecule has 0 aliphatic carbocycles. The average Bonchev–Trinajstić information content (AvgIpc) is 2.25. The molecule has 0 unspecified atom stereocenters. The number of aromatic nitrogens is 2. The van der Waals surface area contributed by atoms with Crippen molar-refractivity contribution in [3.63, 3.8) is 0 Å².